The fourth-order valence-electron chi connectivity index (χ4n) is 5.67. The molecule has 0 aromatic heterocycles. The van der Waals surface area contributed by atoms with Crippen molar-refractivity contribution in [1.82, 2.24) is 0 Å². The van der Waals surface area contributed by atoms with Crippen LogP contribution in [-0.2, 0) is 5.41 Å². The minimum atomic E-state index is -0.494. The maximum Gasteiger partial charge on any atom is 0.123 e. The first-order chi connectivity index (χ1) is 17.9. The van der Waals surface area contributed by atoms with Crippen LogP contribution in [0.4, 0.5) is 0 Å². The molecular formula is C35H32O2. The number of hydrogen-bond donors (Lipinski definition) is 2. The van der Waals surface area contributed by atoms with Gasteiger partial charge in [-0.05, 0) is 77.9 Å². The van der Waals surface area contributed by atoms with Crippen LogP contribution in [0.3, 0.4) is 0 Å². The van der Waals surface area contributed by atoms with Crippen LogP contribution in [0.1, 0.15) is 41.2 Å². The maximum absolute atomic E-state index is 10.9. The van der Waals surface area contributed by atoms with E-state index in [1.165, 1.54) is 16.7 Å². The minimum Gasteiger partial charge on any atom is -0.507 e. The highest BCUT2D eigenvalue weighted by molar-refractivity contribution is 5.74. The Bertz CT molecular complexity index is 1450. The summed E-state index contributed by atoms with van der Waals surface area (Å²) in [4.78, 5) is 0. The molecule has 37 heavy (non-hydrogen) atoms. The Morgan fingerprint density at radius 3 is 1.49 bits per heavy atom. The molecule has 0 aliphatic carbocycles. The fraction of sp³-hybridized carbons (Fsp3) is 0.143. The first-order valence-electron chi connectivity index (χ1n) is 12.8. The van der Waals surface area contributed by atoms with Crippen LogP contribution in [0, 0.1) is 13.8 Å². The molecule has 184 valence electrons. The third kappa shape index (κ3) is 4.40. The largest absolute Gasteiger partial charge is 0.507 e. The van der Waals surface area contributed by atoms with E-state index >= 15 is 0 Å². The van der Waals surface area contributed by atoms with Crippen molar-refractivity contribution in [2.75, 3.05) is 0 Å². The molecule has 5 aromatic rings. The monoisotopic (exact) mass is 484 g/mol. The van der Waals surface area contributed by atoms with Crippen LogP contribution in [0.15, 0.2) is 115 Å². The van der Waals surface area contributed by atoms with Crippen molar-refractivity contribution in [2.24, 2.45) is 0 Å². The third-order valence-electron chi connectivity index (χ3n) is 7.52. The number of aryl methyl sites for hydroxylation is 2. The fourth-order valence-corrected chi connectivity index (χ4v) is 5.67. The van der Waals surface area contributed by atoms with Crippen molar-refractivity contribution < 1.29 is 10.2 Å². The summed E-state index contributed by atoms with van der Waals surface area (Å²) in [5.74, 6) is 0.521. The van der Waals surface area contributed by atoms with E-state index in [1.54, 1.807) is 0 Å². The van der Waals surface area contributed by atoms with E-state index in [9.17, 15) is 10.2 Å². The Kier molecular flexibility index (Phi) is 6.58. The molecule has 2 N–H and O–H groups in total. The van der Waals surface area contributed by atoms with E-state index in [0.717, 1.165) is 39.8 Å². The van der Waals surface area contributed by atoms with Crippen molar-refractivity contribution in [2.45, 2.75) is 32.6 Å². The molecule has 0 heterocycles. The summed E-state index contributed by atoms with van der Waals surface area (Å²) in [5.41, 5.74) is 8.92. The van der Waals surface area contributed by atoms with Gasteiger partial charge in [0.1, 0.15) is 11.5 Å². The normalized spacial score (nSPS) is 11.4. The van der Waals surface area contributed by atoms with Gasteiger partial charge in [0.05, 0.1) is 0 Å². The van der Waals surface area contributed by atoms with Gasteiger partial charge in [-0.25, -0.2) is 0 Å². The van der Waals surface area contributed by atoms with Crippen LogP contribution in [-0.4, -0.2) is 10.2 Å². The van der Waals surface area contributed by atoms with Gasteiger partial charge in [0.25, 0.3) is 0 Å². The number of benzene rings is 5. The standard InChI is InChI=1S/C35H32O2/c1-4-35(32-18-15-24(2)21-25(32)3,28-16-19-33(36)30(22-28)26-11-7-5-8-12-26)29-17-20-34(37)31(23-29)27-13-9-6-10-14-27/h5-23,36-37H,4H2,1-3H3. The first kappa shape index (κ1) is 24.4. The lowest BCUT2D eigenvalue weighted by Crippen LogP contribution is -2.30. The van der Waals surface area contributed by atoms with E-state index in [-0.39, 0.29) is 11.5 Å². The molecule has 5 aromatic carbocycles. The molecule has 0 unspecified atom stereocenters. The summed E-state index contributed by atoms with van der Waals surface area (Å²) in [6.07, 6.45) is 0.801. The van der Waals surface area contributed by atoms with Gasteiger partial charge in [0.2, 0.25) is 0 Å². The summed E-state index contributed by atoms with van der Waals surface area (Å²) in [6, 6.07) is 38.6. The van der Waals surface area contributed by atoms with Crippen LogP contribution in [0.25, 0.3) is 22.3 Å². The summed E-state index contributed by atoms with van der Waals surface area (Å²) in [7, 11) is 0. The molecule has 0 aliphatic heterocycles. The second-order valence-electron chi connectivity index (χ2n) is 9.77. The zero-order valence-corrected chi connectivity index (χ0v) is 21.6. The van der Waals surface area contributed by atoms with Gasteiger partial charge >= 0.3 is 0 Å². The summed E-state index contributed by atoms with van der Waals surface area (Å²) in [5, 5.41) is 21.7. The van der Waals surface area contributed by atoms with Crippen LogP contribution in [0.2, 0.25) is 0 Å². The average molecular weight is 485 g/mol. The van der Waals surface area contributed by atoms with Crippen molar-refractivity contribution in [3.63, 3.8) is 0 Å². The third-order valence-corrected chi connectivity index (χ3v) is 7.52. The van der Waals surface area contributed by atoms with Crippen molar-refractivity contribution in [1.29, 1.82) is 0 Å². The molecule has 0 radical (unpaired) electrons. The zero-order valence-electron chi connectivity index (χ0n) is 21.6. The second kappa shape index (κ2) is 9.99. The molecule has 0 aliphatic rings. The predicted octanol–water partition coefficient (Wildman–Crippen LogP) is 8.79. The molecular weight excluding hydrogens is 452 g/mol. The Labute approximate surface area is 219 Å². The van der Waals surface area contributed by atoms with Gasteiger partial charge in [-0.2, -0.15) is 0 Å². The molecule has 0 fully saturated rings. The number of aromatic hydroxyl groups is 2. The van der Waals surface area contributed by atoms with E-state index in [4.69, 9.17) is 0 Å². The number of phenols is 2. The summed E-state index contributed by atoms with van der Waals surface area (Å²) < 4.78 is 0. The van der Waals surface area contributed by atoms with Crippen molar-refractivity contribution >= 4 is 0 Å². The van der Waals surface area contributed by atoms with Gasteiger partial charge in [0, 0.05) is 16.5 Å². The summed E-state index contributed by atoms with van der Waals surface area (Å²) >= 11 is 0. The number of phenolic OH excluding ortho intramolecular Hbond substituents is 2. The van der Waals surface area contributed by atoms with E-state index in [2.05, 4.69) is 51.1 Å². The van der Waals surface area contributed by atoms with E-state index in [0.29, 0.717) is 0 Å². The highest BCUT2D eigenvalue weighted by Gasteiger charge is 2.37. The molecule has 0 atom stereocenters. The molecule has 2 heteroatoms. The lowest BCUT2D eigenvalue weighted by molar-refractivity contribution is 0.475. The van der Waals surface area contributed by atoms with Gasteiger partial charge in [0.15, 0.2) is 0 Å². The Hall–Kier alpha value is -4.30. The highest BCUT2D eigenvalue weighted by atomic mass is 16.3. The van der Waals surface area contributed by atoms with Crippen LogP contribution in [0.5, 0.6) is 11.5 Å². The zero-order chi connectivity index (χ0) is 26.0. The molecule has 5 rings (SSSR count). The maximum atomic E-state index is 10.9. The van der Waals surface area contributed by atoms with Crippen LogP contribution >= 0.6 is 0 Å². The van der Waals surface area contributed by atoms with Crippen molar-refractivity contribution in [3.05, 3.63) is 143 Å². The molecule has 0 saturated carbocycles. The highest BCUT2D eigenvalue weighted by Crippen LogP contribution is 2.47. The quantitative estimate of drug-likeness (QED) is 0.236. The smallest absolute Gasteiger partial charge is 0.123 e. The lowest BCUT2D eigenvalue weighted by atomic mass is 9.65. The predicted molar refractivity (Wildman–Crippen MR) is 153 cm³/mol. The van der Waals surface area contributed by atoms with Gasteiger partial charge in [-0.3, -0.25) is 0 Å². The van der Waals surface area contributed by atoms with Gasteiger partial charge in [-0.1, -0.05) is 103 Å². The second-order valence-corrected chi connectivity index (χ2v) is 9.77. The first-order valence-corrected chi connectivity index (χ1v) is 12.8. The topological polar surface area (TPSA) is 40.5 Å². The molecule has 2 nitrogen and oxygen atoms in total. The van der Waals surface area contributed by atoms with Gasteiger partial charge in [-0.15, -0.1) is 0 Å². The molecule has 0 amide bonds. The number of rotatable bonds is 6. The SMILES string of the molecule is CCC(c1ccc(O)c(-c2ccccc2)c1)(c1ccc(O)c(-c2ccccc2)c1)c1ccc(C)cc1C. The van der Waals surface area contributed by atoms with Crippen molar-refractivity contribution in [3.8, 4) is 33.8 Å². The Morgan fingerprint density at radius 2 is 1.05 bits per heavy atom. The average Bonchev–Trinajstić information content (AvgIpc) is 2.92. The lowest BCUT2D eigenvalue weighted by Gasteiger charge is -2.37. The number of hydrogen-bond acceptors (Lipinski definition) is 2. The molecule has 0 spiro atoms. The van der Waals surface area contributed by atoms with Gasteiger partial charge < -0.3 is 10.2 Å². The molecule has 0 saturated heterocycles. The Morgan fingerprint density at radius 1 is 0.568 bits per heavy atom. The van der Waals surface area contributed by atoms with E-state index in [1.807, 2.05) is 84.9 Å². The Balaban J connectivity index is 1.82. The molecule has 0 bridgehead atoms. The van der Waals surface area contributed by atoms with Crippen LogP contribution < -0.4 is 0 Å². The minimum absolute atomic E-state index is 0.260. The summed E-state index contributed by atoms with van der Waals surface area (Å²) in [6.45, 7) is 6.50. The van der Waals surface area contributed by atoms with E-state index < -0.39 is 5.41 Å².